The standard InChI is InChI=1S/C10H20N2O2/c1-3-4-5-12(2)10(14)9-6-8(13)7-11-9/h8-9,11,13H,3-7H2,1-2H3/t8?,9-/m0/s1. The van der Waals surface area contributed by atoms with E-state index >= 15 is 0 Å². The van der Waals surface area contributed by atoms with Gasteiger partial charge in [0.25, 0.3) is 0 Å². The van der Waals surface area contributed by atoms with E-state index in [0.717, 1.165) is 19.4 Å². The first-order valence-corrected chi connectivity index (χ1v) is 5.31. The van der Waals surface area contributed by atoms with E-state index in [2.05, 4.69) is 12.2 Å². The minimum Gasteiger partial charge on any atom is -0.392 e. The van der Waals surface area contributed by atoms with Gasteiger partial charge in [-0.1, -0.05) is 13.3 Å². The van der Waals surface area contributed by atoms with E-state index in [4.69, 9.17) is 0 Å². The Morgan fingerprint density at radius 2 is 2.36 bits per heavy atom. The van der Waals surface area contributed by atoms with Crippen molar-refractivity contribution in [2.75, 3.05) is 20.1 Å². The fraction of sp³-hybridized carbons (Fsp3) is 0.900. The zero-order valence-corrected chi connectivity index (χ0v) is 8.99. The van der Waals surface area contributed by atoms with Gasteiger partial charge in [0.2, 0.25) is 5.91 Å². The second kappa shape index (κ2) is 5.32. The van der Waals surface area contributed by atoms with E-state index in [1.54, 1.807) is 4.90 Å². The van der Waals surface area contributed by atoms with Crippen molar-refractivity contribution < 1.29 is 9.90 Å². The number of carbonyl (C=O) groups excluding carboxylic acids is 1. The Labute approximate surface area is 85.3 Å². The molecule has 1 heterocycles. The lowest BCUT2D eigenvalue weighted by Crippen LogP contribution is -2.41. The van der Waals surface area contributed by atoms with Crippen LogP contribution in [0.25, 0.3) is 0 Å². The molecular weight excluding hydrogens is 180 g/mol. The van der Waals surface area contributed by atoms with Gasteiger partial charge in [0.1, 0.15) is 0 Å². The van der Waals surface area contributed by atoms with Gasteiger partial charge >= 0.3 is 0 Å². The molecule has 1 rings (SSSR count). The quantitative estimate of drug-likeness (QED) is 0.670. The van der Waals surface area contributed by atoms with E-state index in [1.807, 2.05) is 7.05 Å². The number of unbranched alkanes of at least 4 members (excludes halogenated alkanes) is 1. The van der Waals surface area contributed by atoms with Crippen molar-refractivity contribution in [3.8, 4) is 0 Å². The predicted octanol–water partition coefficient (Wildman–Crippen LogP) is -0.0323. The second-order valence-electron chi connectivity index (χ2n) is 3.96. The molecule has 4 heteroatoms. The minimum atomic E-state index is -0.358. The van der Waals surface area contributed by atoms with Crippen LogP contribution in [0.3, 0.4) is 0 Å². The molecule has 1 unspecified atom stereocenters. The van der Waals surface area contributed by atoms with E-state index < -0.39 is 0 Å². The first kappa shape index (κ1) is 11.5. The van der Waals surface area contributed by atoms with Crippen molar-refractivity contribution >= 4 is 5.91 Å². The molecule has 0 aliphatic carbocycles. The Hall–Kier alpha value is -0.610. The van der Waals surface area contributed by atoms with Crippen LogP contribution in [0.2, 0.25) is 0 Å². The van der Waals surface area contributed by atoms with Gasteiger partial charge in [0.15, 0.2) is 0 Å². The predicted molar refractivity (Wildman–Crippen MR) is 55.0 cm³/mol. The number of hydrogen-bond acceptors (Lipinski definition) is 3. The summed E-state index contributed by atoms with van der Waals surface area (Å²) in [6.45, 7) is 3.46. The molecule has 14 heavy (non-hydrogen) atoms. The molecule has 0 aromatic heterocycles. The lowest BCUT2D eigenvalue weighted by molar-refractivity contribution is -0.131. The first-order valence-electron chi connectivity index (χ1n) is 5.31. The summed E-state index contributed by atoms with van der Waals surface area (Å²) in [5.41, 5.74) is 0. The number of β-amino-alcohol motifs (C(OH)–C–C–N with tert-alkyl or cyclic N) is 1. The van der Waals surface area contributed by atoms with E-state index in [9.17, 15) is 9.90 Å². The zero-order valence-electron chi connectivity index (χ0n) is 8.99. The van der Waals surface area contributed by atoms with E-state index in [-0.39, 0.29) is 18.1 Å². The number of aliphatic hydroxyl groups excluding tert-OH is 1. The van der Waals surface area contributed by atoms with E-state index in [1.165, 1.54) is 0 Å². The number of nitrogens with zero attached hydrogens (tertiary/aromatic N) is 1. The topological polar surface area (TPSA) is 52.6 Å². The van der Waals surface area contributed by atoms with E-state index in [0.29, 0.717) is 13.0 Å². The number of nitrogens with one attached hydrogen (secondary N) is 1. The molecule has 4 nitrogen and oxygen atoms in total. The molecular formula is C10H20N2O2. The molecule has 0 aromatic carbocycles. The van der Waals surface area contributed by atoms with Gasteiger partial charge in [0.05, 0.1) is 12.1 Å². The normalized spacial score (nSPS) is 26.5. The lowest BCUT2D eigenvalue weighted by Gasteiger charge is -2.20. The van der Waals surface area contributed by atoms with Crippen LogP contribution in [0.4, 0.5) is 0 Å². The Morgan fingerprint density at radius 1 is 1.64 bits per heavy atom. The third-order valence-corrected chi connectivity index (χ3v) is 2.63. The molecule has 1 aliphatic rings. The number of aliphatic hydroxyl groups is 1. The van der Waals surface area contributed by atoms with Gasteiger partial charge in [-0.2, -0.15) is 0 Å². The highest BCUT2D eigenvalue weighted by Gasteiger charge is 2.29. The summed E-state index contributed by atoms with van der Waals surface area (Å²) in [5, 5.41) is 12.3. The monoisotopic (exact) mass is 200 g/mol. The van der Waals surface area contributed by atoms with Crippen LogP contribution in [0.15, 0.2) is 0 Å². The lowest BCUT2D eigenvalue weighted by atomic mass is 10.2. The highest BCUT2D eigenvalue weighted by atomic mass is 16.3. The van der Waals surface area contributed by atoms with Crippen LogP contribution < -0.4 is 5.32 Å². The van der Waals surface area contributed by atoms with Crippen LogP contribution in [0.5, 0.6) is 0 Å². The largest absolute Gasteiger partial charge is 0.392 e. The maximum Gasteiger partial charge on any atom is 0.239 e. The van der Waals surface area contributed by atoms with Crippen LogP contribution in [0.1, 0.15) is 26.2 Å². The molecule has 1 amide bonds. The summed E-state index contributed by atoms with van der Waals surface area (Å²) in [7, 11) is 1.82. The highest BCUT2D eigenvalue weighted by molar-refractivity contribution is 5.82. The Morgan fingerprint density at radius 3 is 2.86 bits per heavy atom. The number of likely N-dealkylation sites (N-methyl/N-ethyl adjacent to an activating group) is 1. The molecule has 0 aromatic rings. The SMILES string of the molecule is CCCCN(C)C(=O)[C@@H]1CC(O)CN1. The smallest absolute Gasteiger partial charge is 0.239 e. The molecule has 2 atom stereocenters. The number of carbonyl (C=O) groups is 1. The Bertz CT molecular complexity index is 197. The number of rotatable bonds is 4. The second-order valence-corrected chi connectivity index (χ2v) is 3.96. The average Bonchev–Trinajstić information content (AvgIpc) is 2.60. The maximum atomic E-state index is 11.7. The van der Waals surface area contributed by atoms with Crippen molar-refractivity contribution in [3.05, 3.63) is 0 Å². The summed E-state index contributed by atoms with van der Waals surface area (Å²) < 4.78 is 0. The molecule has 1 saturated heterocycles. The van der Waals surface area contributed by atoms with Gasteiger partial charge in [-0.25, -0.2) is 0 Å². The summed E-state index contributed by atoms with van der Waals surface area (Å²) >= 11 is 0. The van der Waals surface area contributed by atoms with Gasteiger partial charge in [-0.05, 0) is 12.8 Å². The third-order valence-electron chi connectivity index (χ3n) is 2.63. The van der Waals surface area contributed by atoms with Gasteiger partial charge in [0, 0.05) is 20.1 Å². The summed E-state index contributed by atoms with van der Waals surface area (Å²) in [5.74, 6) is 0.106. The van der Waals surface area contributed by atoms with Crippen molar-refractivity contribution in [1.29, 1.82) is 0 Å². The summed E-state index contributed by atoms with van der Waals surface area (Å²) in [6, 6.07) is -0.174. The molecule has 0 saturated carbocycles. The number of hydrogen-bond donors (Lipinski definition) is 2. The summed E-state index contributed by atoms with van der Waals surface area (Å²) in [6.07, 6.45) is 2.33. The molecule has 1 fully saturated rings. The Kier molecular flexibility index (Phi) is 4.35. The van der Waals surface area contributed by atoms with Gasteiger partial charge < -0.3 is 15.3 Å². The first-order chi connectivity index (χ1) is 6.65. The van der Waals surface area contributed by atoms with Crippen LogP contribution in [0, 0.1) is 0 Å². The van der Waals surface area contributed by atoms with Gasteiger partial charge in [-0.3, -0.25) is 4.79 Å². The van der Waals surface area contributed by atoms with Crippen molar-refractivity contribution in [2.45, 2.75) is 38.3 Å². The molecule has 82 valence electrons. The van der Waals surface area contributed by atoms with Crippen LogP contribution in [-0.4, -0.2) is 48.2 Å². The molecule has 0 bridgehead atoms. The minimum absolute atomic E-state index is 0.106. The molecule has 0 radical (unpaired) electrons. The molecule has 0 spiro atoms. The van der Waals surface area contributed by atoms with Crippen LogP contribution >= 0.6 is 0 Å². The third kappa shape index (κ3) is 2.96. The van der Waals surface area contributed by atoms with Crippen molar-refractivity contribution in [2.24, 2.45) is 0 Å². The summed E-state index contributed by atoms with van der Waals surface area (Å²) in [4.78, 5) is 13.5. The van der Waals surface area contributed by atoms with Gasteiger partial charge in [-0.15, -0.1) is 0 Å². The molecule has 1 aliphatic heterocycles. The zero-order chi connectivity index (χ0) is 10.6. The average molecular weight is 200 g/mol. The molecule has 2 N–H and O–H groups in total. The Balaban J connectivity index is 2.32. The fourth-order valence-electron chi connectivity index (χ4n) is 1.68. The fourth-order valence-corrected chi connectivity index (χ4v) is 1.68. The van der Waals surface area contributed by atoms with Crippen molar-refractivity contribution in [3.63, 3.8) is 0 Å². The highest BCUT2D eigenvalue weighted by Crippen LogP contribution is 2.09. The number of amides is 1. The van der Waals surface area contributed by atoms with Crippen molar-refractivity contribution in [1.82, 2.24) is 10.2 Å². The maximum absolute atomic E-state index is 11.7. The van der Waals surface area contributed by atoms with Crippen LogP contribution in [-0.2, 0) is 4.79 Å².